The number of rotatable bonds is 11. The Morgan fingerprint density at radius 2 is 1.66 bits per heavy atom. The third kappa shape index (κ3) is 9.90. The first-order chi connectivity index (χ1) is 22.7. The quantitative estimate of drug-likeness (QED) is 0.186. The molecule has 2 aliphatic rings. The van der Waals surface area contributed by atoms with Crippen molar-refractivity contribution < 1.29 is 23.7 Å². The zero-order valence-electron chi connectivity index (χ0n) is 27.1. The minimum atomic E-state index is -1.07. The molecule has 11 heteroatoms. The van der Waals surface area contributed by atoms with E-state index in [0.717, 1.165) is 49.5 Å². The highest BCUT2D eigenvalue weighted by atomic mass is 16.8. The monoisotopic (exact) mass is 639 g/mol. The fraction of sp³-hybridized carbons (Fsp3) is 0.444. The van der Waals surface area contributed by atoms with E-state index in [-0.39, 0.29) is 23.7 Å². The van der Waals surface area contributed by atoms with E-state index in [1.807, 2.05) is 24.3 Å². The molecule has 0 amide bonds. The highest BCUT2D eigenvalue weighted by molar-refractivity contribution is 5.60. The number of nitrogens with one attached hydrogen (secondary N) is 1. The molecule has 1 N–H and O–H groups in total. The molecule has 1 unspecified atom stereocenters. The van der Waals surface area contributed by atoms with Gasteiger partial charge in [-0.05, 0) is 49.2 Å². The highest BCUT2D eigenvalue weighted by Gasteiger charge is 2.30. The average molecular weight is 640 g/mol. The molecule has 0 radical (unpaired) electrons. The van der Waals surface area contributed by atoms with Crippen LogP contribution in [0.5, 0.6) is 5.75 Å². The minimum Gasteiger partial charge on any atom is -0.447 e. The Labute approximate surface area is 275 Å². The molecular weight excluding hydrogens is 598 g/mol. The van der Waals surface area contributed by atoms with Crippen LogP contribution in [-0.2, 0) is 27.2 Å². The highest BCUT2D eigenvalue weighted by Crippen LogP contribution is 2.28. The van der Waals surface area contributed by atoms with Crippen molar-refractivity contribution in [3.63, 3.8) is 0 Å². The third-order valence-corrected chi connectivity index (χ3v) is 8.02. The molecule has 0 bridgehead atoms. The zero-order valence-corrected chi connectivity index (χ0v) is 27.1. The molecule has 2 fully saturated rings. The van der Waals surface area contributed by atoms with Gasteiger partial charge < -0.3 is 28.8 Å². The van der Waals surface area contributed by atoms with Crippen molar-refractivity contribution >= 4 is 6.16 Å². The number of hydrogen-bond donors (Lipinski definition) is 1. The van der Waals surface area contributed by atoms with Crippen molar-refractivity contribution in [3.05, 3.63) is 93.2 Å². The predicted octanol–water partition coefficient (Wildman–Crippen LogP) is 4.07. The van der Waals surface area contributed by atoms with E-state index >= 15 is 0 Å². The van der Waals surface area contributed by atoms with Gasteiger partial charge in [-0.2, -0.15) is 5.26 Å². The SMILES string of the molecule is CC(C)OC(=O)OC(C)Oc1c(C[C@H](CN2CC(C#N)C2)c2ccc(C#Cc3ccc(CN4CCOCC4)cc3)cc2)nc[nH]c1=O. The van der Waals surface area contributed by atoms with Crippen molar-refractivity contribution in [2.45, 2.75) is 52.0 Å². The van der Waals surface area contributed by atoms with Crippen molar-refractivity contribution in [2.75, 3.05) is 45.9 Å². The fourth-order valence-corrected chi connectivity index (χ4v) is 5.56. The summed E-state index contributed by atoms with van der Waals surface area (Å²) in [6, 6.07) is 18.8. The standard InChI is InChI=1S/C36H41N5O6/c1-25(2)45-36(43)47-26(3)46-34-33(38-24-39-35(34)42)18-32(23-41-21-30(19-37)22-41)31-12-10-28(11-13-31)5-4-27-6-8-29(9-7-27)20-40-14-16-44-17-15-40/h6-13,24-26,30,32H,14-18,20-23H2,1-3H3,(H,38,39,42)/t26?,32-/m1/s1. The summed E-state index contributed by atoms with van der Waals surface area (Å²) in [4.78, 5) is 36.4. The number of likely N-dealkylation sites (tertiary alicyclic amines) is 1. The van der Waals surface area contributed by atoms with Gasteiger partial charge in [0.15, 0.2) is 0 Å². The van der Waals surface area contributed by atoms with Crippen LogP contribution in [0.25, 0.3) is 0 Å². The van der Waals surface area contributed by atoms with Crippen molar-refractivity contribution in [3.8, 4) is 23.7 Å². The molecule has 2 aliphatic heterocycles. The number of benzene rings is 2. The number of nitriles is 1. The lowest BCUT2D eigenvalue weighted by Gasteiger charge is -2.38. The number of hydrogen-bond acceptors (Lipinski definition) is 10. The second-order valence-corrected chi connectivity index (χ2v) is 12.1. The van der Waals surface area contributed by atoms with E-state index in [4.69, 9.17) is 18.9 Å². The second kappa shape index (κ2) is 16.2. The zero-order chi connectivity index (χ0) is 33.2. The summed E-state index contributed by atoms with van der Waals surface area (Å²) in [5.41, 5.74) is 4.10. The number of carbonyl (C=O) groups is 1. The molecule has 5 rings (SSSR count). The van der Waals surface area contributed by atoms with Gasteiger partial charge in [-0.15, -0.1) is 0 Å². The Balaban J connectivity index is 1.28. The van der Waals surface area contributed by atoms with Crippen molar-refractivity contribution in [1.29, 1.82) is 5.26 Å². The Morgan fingerprint density at radius 1 is 1.00 bits per heavy atom. The van der Waals surface area contributed by atoms with E-state index in [1.165, 1.54) is 18.8 Å². The van der Waals surface area contributed by atoms with Crippen LogP contribution in [0.2, 0.25) is 0 Å². The summed E-state index contributed by atoms with van der Waals surface area (Å²) in [5, 5.41) is 9.29. The number of aromatic nitrogens is 2. The molecular formula is C36H41N5O6. The molecule has 2 atom stereocenters. The van der Waals surface area contributed by atoms with Crippen LogP contribution < -0.4 is 10.3 Å². The number of ether oxygens (including phenoxy) is 4. The topological polar surface area (TPSA) is 130 Å². The van der Waals surface area contributed by atoms with Crippen molar-refractivity contribution in [1.82, 2.24) is 19.8 Å². The number of aromatic amines is 1. The average Bonchev–Trinajstić information content (AvgIpc) is 3.03. The molecule has 246 valence electrons. The van der Waals surface area contributed by atoms with Gasteiger partial charge in [0.2, 0.25) is 12.0 Å². The molecule has 47 heavy (non-hydrogen) atoms. The summed E-state index contributed by atoms with van der Waals surface area (Å²) in [6.07, 6.45) is -0.596. The summed E-state index contributed by atoms with van der Waals surface area (Å²) in [6.45, 7) is 11.4. The first kappa shape index (κ1) is 33.7. The van der Waals surface area contributed by atoms with E-state index in [1.54, 1.807) is 13.8 Å². The maximum Gasteiger partial charge on any atom is 0.511 e. The smallest absolute Gasteiger partial charge is 0.447 e. The largest absolute Gasteiger partial charge is 0.511 e. The molecule has 2 aromatic carbocycles. The van der Waals surface area contributed by atoms with Gasteiger partial charge in [0.05, 0.1) is 43.3 Å². The Hall–Kier alpha value is -4.68. The van der Waals surface area contributed by atoms with Crippen LogP contribution >= 0.6 is 0 Å². The lowest BCUT2D eigenvalue weighted by molar-refractivity contribution is -0.0617. The lowest BCUT2D eigenvalue weighted by Crippen LogP contribution is -2.47. The molecule has 0 saturated carbocycles. The van der Waals surface area contributed by atoms with E-state index < -0.39 is 18.0 Å². The molecule has 0 spiro atoms. The number of carbonyl (C=O) groups excluding carboxylic acids is 1. The predicted molar refractivity (Wildman–Crippen MR) is 175 cm³/mol. The first-order valence-corrected chi connectivity index (χ1v) is 16.0. The van der Waals surface area contributed by atoms with Crippen molar-refractivity contribution in [2.24, 2.45) is 5.92 Å². The van der Waals surface area contributed by atoms with Gasteiger partial charge in [-0.25, -0.2) is 9.78 Å². The molecule has 2 saturated heterocycles. The van der Waals surface area contributed by atoms with E-state index in [9.17, 15) is 14.9 Å². The Morgan fingerprint density at radius 3 is 2.30 bits per heavy atom. The van der Waals surface area contributed by atoms with Gasteiger partial charge >= 0.3 is 6.16 Å². The van der Waals surface area contributed by atoms with Gasteiger partial charge in [0, 0.05) is 69.7 Å². The first-order valence-electron chi connectivity index (χ1n) is 16.0. The van der Waals surface area contributed by atoms with Gasteiger partial charge in [-0.1, -0.05) is 36.1 Å². The van der Waals surface area contributed by atoms with Gasteiger partial charge in [-0.3, -0.25) is 9.69 Å². The molecule has 11 nitrogen and oxygen atoms in total. The maximum atomic E-state index is 12.8. The number of morpholine rings is 1. The second-order valence-electron chi connectivity index (χ2n) is 12.1. The van der Waals surface area contributed by atoms with Crippen LogP contribution in [-0.4, -0.2) is 84.3 Å². The Kier molecular flexibility index (Phi) is 11.6. The normalized spacial score (nSPS) is 16.7. The van der Waals surface area contributed by atoms with E-state index in [2.05, 4.69) is 61.9 Å². The molecule has 1 aromatic heterocycles. The Bertz CT molecular complexity index is 1640. The molecule has 3 aromatic rings. The number of nitrogens with zero attached hydrogens (tertiary/aromatic N) is 4. The summed E-state index contributed by atoms with van der Waals surface area (Å²) in [5.74, 6) is 6.47. The van der Waals surface area contributed by atoms with Crippen LogP contribution in [0, 0.1) is 29.1 Å². The fourth-order valence-electron chi connectivity index (χ4n) is 5.56. The molecule has 3 heterocycles. The van der Waals surface area contributed by atoms with Gasteiger partial charge in [0.1, 0.15) is 0 Å². The molecule has 0 aliphatic carbocycles. The lowest BCUT2D eigenvalue weighted by atomic mass is 9.90. The van der Waals surface area contributed by atoms with Crippen LogP contribution in [0.1, 0.15) is 54.6 Å². The number of H-pyrrole nitrogens is 1. The van der Waals surface area contributed by atoms with Gasteiger partial charge in [0.25, 0.3) is 5.56 Å². The van der Waals surface area contributed by atoms with E-state index in [0.29, 0.717) is 31.7 Å². The maximum absolute atomic E-state index is 12.8. The summed E-state index contributed by atoms with van der Waals surface area (Å²) < 4.78 is 21.4. The van der Waals surface area contributed by atoms with Crippen LogP contribution in [0.4, 0.5) is 4.79 Å². The summed E-state index contributed by atoms with van der Waals surface area (Å²) in [7, 11) is 0. The minimum absolute atomic E-state index is 0.0145. The van der Waals surface area contributed by atoms with Crippen LogP contribution in [0.15, 0.2) is 59.7 Å². The van der Waals surface area contributed by atoms with Crippen LogP contribution in [0.3, 0.4) is 0 Å². The third-order valence-electron chi connectivity index (χ3n) is 8.02. The summed E-state index contributed by atoms with van der Waals surface area (Å²) >= 11 is 0.